The van der Waals surface area contributed by atoms with Gasteiger partial charge in [-0.2, -0.15) is 0 Å². The molecule has 1 aromatic carbocycles. The number of rotatable bonds is 2. The summed E-state index contributed by atoms with van der Waals surface area (Å²) in [4.78, 5) is 9.57. The number of likely N-dealkylation sites (tertiary alicyclic amines) is 1. The van der Waals surface area contributed by atoms with Crippen LogP contribution in [0.2, 0.25) is 0 Å². The monoisotopic (exact) mass is 203 g/mol. The molecule has 0 bridgehead atoms. The van der Waals surface area contributed by atoms with Gasteiger partial charge in [0.05, 0.1) is 17.6 Å². The number of fused-ring (bicyclic) bond motifs is 1. The first-order valence-electron chi connectivity index (χ1n) is 6.34. The Labute approximate surface area is 91.9 Å². The van der Waals surface area contributed by atoms with Crippen molar-refractivity contribution in [1.82, 2.24) is 14.9 Å². The van der Waals surface area contributed by atoms with Gasteiger partial charge in [0.15, 0.2) is 0 Å². The zero-order chi connectivity index (χ0) is 11.9. The lowest BCUT2D eigenvalue weighted by atomic mass is 10.3. The fourth-order valence-corrected chi connectivity index (χ4v) is 1.98. The summed E-state index contributed by atoms with van der Waals surface area (Å²) in [6.45, 7) is 0.185. The van der Waals surface area contributed by atoms with Crippen LogP contribution in [0.3, 0.4) is 0 Å². The standard InChI is InChI=1S/C12H15N3/c1-2-6-11-10(5-1)13-12(14-11)9-15-7-3-4-8-15/h1-2,5-6H,3-4,7-9H2,(H,13,14)/i7D2. The van der Waals surface area contributed by atoms with E-state index in [9.17, 15) is 0 Å². The number of para-hydroxylation sites is 2. The van der Waals surface area contributed by atoms with E-state index in [1.165, 1.54) is 0 Å². The number of hydrogen-bond acceptors (Lipinski definition) is 2. The molecule has 78 valence electrons. The Bertz CT molecular complexity index is 502. The molecular formula is C12H15N3. The van der Waals surface area contributed by atoms with E-state index in [-0.39, 0.29) is 0 Å². The van der Waals surface area contributed by atoms with E-state index in [0.717, 1.165) is 29.8 Å². The topological polar surface area (TPSA) is 31.9 Å². The number of aromatic nitrogens is 2. The fraction of sp³-hybridized carbons (Fsp3) is 0.417. The molecule has 1 N–H and O–H groups in total. The molecule has 1 saturated heterocycles. The third kappa shape index (κ3) is 1.75. The quantitative estimate of drug-likeness (QED) is 0.811. The lowest BCUT2D eigenvalue weighted by molar-refractivity contribution is 0.324. The molecule has 0 saturated carbocycles. The minimum atomic E-state index is -1.18. The van der Waals surface area contributed by atoms with Gasteiger partial charge < -0.3 is 4.98 Å². The smallest absolute Gasteiger partial charge is 0.121 e. The van der Waals surface area contributed by atoms with Crippen LogP contribution in [-0.2, 0) is 6.54 Å². The molecule has 3 heteroatoms. The van der Waals surface area contributed by atoms with E-state index >= 15 is 0 Å². The lowest BCUT2D eigenvalue weighted by Crippen LogP contribution is -2.19. The van der Waals surface area contributed by atoms with Crippen molar-refractivity contribution >= 4 is 11.0 Å². The van der Waals surface area contributed by atoms with Crippen LogP contribution in [0.5, 0.6) is 0 Å². The first-order valence-corrected chi connectivity index (χ1v) is 5.34. The molecular weight excluding hydrogens is 186 g/mol. The molecule has 1 aromatic heterocycles. The van der Waals surface area contributed by atoms with Crippen LogP contribution in [0.4, 0.5) is 0 Å². The van der Waals surface area contributed by atoms with Crippen LogP contribution < -0.4 is 0 Å². The SMILES string of the molecule is [2H]C1([2H])CCCN1Cc1nc2ccccc2[nH]1. The van der Waals surface area contributed by atoms with Gasteiger partial charge in [-0.05, 0) is 38.0 Å². The molecule has 1 aliphatic heterocycles. The Kier molecular flexibility index (Phi) is 1.71. The van der Waals surface area contributed by atoms with Crippen molar-refractivity contribution in [3.05, 3.63) is 30.1 Å². The molecule has 0 unspecified atom stereocenters. The first kappa shape index (κ1) is 7.01. The molecule has 1 aliphatic rings. The molecule has 0 atom stereocenters. The van der Waals surface area contributed by atoms with Gasteiger partial charge in [-0.3, -0.25) is 4.90 Å². The van der Waals surface area contributed by atoms with E-state index in [4.69, 9.17) is 2.74 Å². The largest absolute Gasteiger partial charge is 0.341 e. The van der Waals surface area contributed by atoms with Crippen molar-refractivity contribution in [2.75, 3.05) is 13.0 Å². The Balaban J connectivity index is 1.85. The fourth-order valence-electron chi connectivity index (χ4n) is 1.98. The van der Waals surface area contributed by atoms with Crippen LogP contribution in [0.1, 0.15) is 21.4 Å². The normalized spacial score (nSPS) is 22.9. The van der Waals surface area contributed by atoms with Gasteiger partial charge >= 0.3 is 0 Å². The maximum Gasteiger partial charge on any atom is 0.121 e. The molecule has 1 fully saturated rings. The van der Waals surface area contributed by atoms with Gasteiger partial charge in [-0.25, -0.2) is 4.98 Å². The number of benzene rings is 1. The highest BCUT2D eigenvalue weighted by Crippen LogP contribution is 2.14. The number of nitrogens with zero attached hydrogens (tertiary/aromatic N) is 2. The van der Waals surface area contributed by atoms with Crippen molar-refractivity contribution < 1.29 is 2.74 Å². The van der Waals surface area contributed by atoms with Crippen molar-refractivity contribution in [3.8, 4) is 0 Å². The number of H-pyrrole nitrogens is 1. The molecule has 15 heavy (non-hydrogen) atoms. The summed E-state index contributed by atoms with van der Waals surface area (Å²) < 4.78 is 15.8. The highest BCUT2D eigenvalue weighted by Gasteiger charge is 2.13. The van der Waals surface area contributed by atoms with Gasteiger partial charge in [-0.15, -0.1) is 0 Å². The second-order valence-electron chi connectivity index (χ2n) is 3.88. The minimum absolute atomic E-state index is 0.557. The average molecular weight is 203 g/mol. The van der Waals surface area contributed by atoms with Crippen molar-refractivity contribution in [2.24, 2.45) is 0 Å². The van der Waals surface area contributed by atoms with Crippen molar-refractivity contribution in [3.63, 3.8) is 0 Å². The van der Waals surface area contributed by atoms with E-state index in [1.807, 2.05) is 29.2 Å². The van der Waals surface area contributed by atoms with Crippen LogP contribution in [0.15, 0.2) is 24.3 Å². The molecule has 2 heterocycles. The van der Waals surface area contributed by atoms with Crippen LogP contribution in [0, 0.1) is 0 Å². The van der Waals surface area contributed by atoms with Crippen LogP contribution in [0.25, 0.3) is 11.0 Å². The number of hydrogen-bond donors (Lipinski definition) is 1. The number of imidazole rings is 1. The first-order chi connectivity index (χ1) is 8.15. The predicted molar refractivity (Wildman–Crippen MR) is 60.6 cm³/mol. The number of nitrogens with one attached hydrogen (secondary N) is 1. The highest BCUT2D eigenvalue weighted by atomic mass is 15.2. The second kappa shape index (κ2) is 3.66. The molecule has 2 aromatic rings. The molecule has 0 spiro atoms. The Hall–Kier alpha value is -1.35. The third-order valence-electron chi connectivity index (χ3n) is 2.72. The maximum atomic E-state index is 7.88. The summed E-state index contributed by atoms with van der Waals surface area (Å²) in [5, 5.41) is 0. The van der Waals surface area contributed by atoms with Crippen molar-refractivity contribution in [1.29, 1.82) is 0 Å². The lowest BCUT2D eigenvalue weighted by Gasteiger charge is -2.11. The summed E-state index contributed by atoms with van der Waals surface area (Å²) in [5.74, 6) is 0.844. The summed E-state index contributed by atoms with van der Waals surface area (Å²) in [6, 6.07) is 7.89. The molecule has 0 amide bonds. The zero-order valence-corrected chi connectivity index (χ0v) is 8.53. The van der Waals surface area contributed by atoms with Crippen molar-refractivity contribution in [2.45, 2.75) is 19.4 Å². The predicted octanol–water partition coefficient (Wildman–Crippen LogP) is 2.16. The summed E-state index contributed by atoms with van der Waals surface area (Å²) in [5.41, 5.74) is 1.96. The molecule has 3 nitrogen and oxygen atoms in total. The third-order valence-corrected chi connectivity index (χ3v) is 2.72. The Morgan fingerprint density at radius 3 is 3.13 bits per heavy atom. The van der Waals surface area contributed by atoms with E-state index in [0.29, 0.717) is 13.0 Å². The van der Waals surface area contributed by atoms with Crippen LogP contribution >= 0.6 is 0 Å². The second-order valence-corrected chi connectivity index (χ2v) is 3.88. The van der Waals surface area contributed by atoms with E-state index in [2.05, 4.69) is 9.97 Å². The molecule has 3 rings (SSSR count). The van der Waals surface area contributed by atoms with E-state index in [1.54, 1.807) is 0 Å². The summed E-state index contributed by atoms with van der Waals surface area (Å²) in [7, 11) is 0. The molecule has 0 aliphatic carbocycles. The van der Waals surface area contributed by atoms with Crippen LogP contribution in [-0.4, -0.2) is 27.9 Å². The van der Waals surface area contributed by atoms with Gasteiger partial charge in [0.1, 0.15) is 5.82 Å². The van der Waals surface area contributed by atoms with Gasteiger partial charge in [0.25, 0.3) is 0 Å². The maximum absolute atomic E-state index is 7.88. The van der Waals surface area contributed by atoms with Gasteiger partial charge in [-0.1, -0.05) is 12.1 Å². The average Bonchev–Trinajstić information content (AvgIpc) is 2.82. The summed E-state index contributed by atoms with van der Waals surface area (Å²) >= 11 is 0. The summed E-state index contributed by atoms with van der Waals surface area (Å²) in [6.07, 6.45) is 1.54. The Morgan fingerprint density at radius 2 is 2.33 bits per heavy atom. The van der Waals surface area contributed by atoms with Gasteiger partial charge in [0, 0.05) is 2.74 Å². The highest BCUT2D eigenvalue weighted by molar-refractivity contribution is 5.74. The zero-order valence-electron chi connectivity index (χ0n) is 10.5. The van der Waals surface area contributed by atoms with E-state index < -0.39 is 6.50 Å². The Morgan fingerprint density at radius 1 is 1.40 bits per heavy atom. The minimum Gasteiger partial charge on any atom is -0.341 e. The molecule has 0 radical (unpaired) electrons. The van der Waals surface area contributed by atoms with Gasteiger partial charge in [0.2, 0.25) is 0 Å². The number of aromatic amines is 1.